The van der Waals surface area contributed by atoms with Crippen molar-refractivity contribution in [3.05, 3.63) is 11.8 Å². The summed E-state index contributed by atoms with van der Waals surface area (Å²) in [5.41, 5.74) is 0. The van der Waals surface area contributed by atoms with Crippen molar-refractivity contribution < 1.29 is 9.53 Å². The Hall–Kier alpha value is -1.23. The van der Waals surface area contributed by atoms with Gasteiger partial charge in [-0.2, -0.15) is 0 Å². The summed E-state index contributed by atoms with van der Waals surface area (Å²) in [7, 11) is 0. The van der Waals surface area contributed by atoms with E-state index in [0.29, 0.717) is 12.2 Å². The number of hydrogen-bond acceptors (Lipinski definition) is 2. The summed E-state index contributed by atoms with van der Waals surface area (Å²) in [5.74, 6) is 2.29. The second kappa shape index (κ2) is 1.71. The number of terminal acetylenes is 1. The molecule has 0 amide bonds. The van der Waals surface area contributed by atoms with Gasteiger partial charge in [-0.1, -0.05) is 0 Å². The summed E-state index contributed by atoms with van der Waals surface area (Å²) >= 11 is 0. The Morgan fingerprint density at radius 1 is 1.88 bits per heavy atom. The molecule has 0 atom stereocenters. The van der Waals surface area contributed by atoms with Crippen molar-refractivity contribution in [3.63, 3.8) is 0 Å². The third-order valence-electron chi connectivity index (χ3n) is 0.820. The fraction of sp³-hybridized carbons (Fsp3) is 0.167. The second-order valence-electron chi connectivity index (χ2n) is 1.39. The lowest BCUT2D eigenvalue weighted by Gasteiger charge is -1.87. The zero-order chi connectivity index (χ0) is 5.98. The van der Waals surface area contributed by atoms with Crippen LogP contribution in [0, 0.1) is 12.3 Å². The Balaban J connectivity index is 2.66. The van der Waals surface area contributed by atoms with Gasteiger partial charge in [-0.3, -0.25) is 4.79 Å². The first kappa shape index (κ1) is 4.92. The predicted molar refractivity (Wildman–Crippen MR) is 27.6 cm³/mol. The minimum Gasteiger partial charge on any atom is -0.417 e. The molecule has 1 aliphatic rings. The lowest BCUT2D eigenvalue weighted by atomic mass is 10.4. The van der Waals surface area contributed by atoms with Gasteiger partial charge < -0.3 is 4.74 Å². The average Bonchev–Trinajstić information content (AvgIpc) is 2.14. The quantitative estimate of drug-likeness (QED) is 0.332. The van der Waals surface area contributed by atoms with Crippen LogP contribution < -0.4 is 0 Å². The number of rotatable bonds is 0. The zero-order valence-corrected chi connectivity index (χ0v) is 4.18. The normalized spacial score (nSPS) is 16.9. The lowest BCUT2D eigenvalue weighted by molar-refractivity contribution is -0.136. The van der Waals surface area contributed by atoms with Crippen LogP contribution >= 0.6 is 0 Å². The van der Waals surface area contributed by atoms with Gasteiger partial charge in [-0.25, -0.2) is 0 Å². The molecule has 1 aliphatic heterocycles. The first-order valence-corrected chi connectivity index (χ1v) is 2.20. The molecule has 0 aromatic heterocycles. The average molecular weight is 108 g/mol. The molecule has 0 spiro atoms. The SMILES string of the molecule is C#CC1=CCC(=O)O1. The van der Waals surface area contributed by atoms with Crippen molar-refractivity contribution in [1.29, 1.82) is 0 Å². The molecular weight excluding hydrogens is 104 g/mol. The molecular formula is C6H4O2. The summed E-state index contributed by atoms with van der Waals surface area (Å²) in [5, 5.41) is 0. The van der Waals surface area contributed by atoms with Crippen molar-refractivity contribution in [3.8, 4) is 12.3 Å². The Kier molecular flexibility index (Phi) is 1.05. The number of carbonyl (C=O) groups is 1. The van der Waals surface area contributed by atoms with Gasteiger partial charge >= 0.3 is 5.97 Å². The van der Waals surface area contributed by atoms with E-state index in [1.165, 1.54) is 0 Å². The highest BCUT2D eigenvalue weighted by molar-refractivity contribution is 5.76. The van der Waals surface area contributed by atoms with E-state index in [1.54, 1.807) is 6.08 Å². The topological polar surface area (TPSA) is 26.3 Å². The van der Waals surface area contributed by atoms with Gasteiger partial charge in [0.25, 0.3) is 0 Å². The van der Waals surface area contributed by atoms with Crippen LogP contribution in [-0.4, -0.2) is 5.97 Å². The summed E-state index contributed by atoms with van der Waals surface area (Å²) in [4.78, 5) is 10.2. The number of hydrogen-bond donors (Lipinski definition) is 0. The van der Waals surface area contributed by atoms with Crippen LogP contribution in [0.15, 0.2) is 11.8 Å². The van der Waals surface area contributed by atoms with Crippen molar-refractivity contribution in [2.75, 3.05) is 0 Å². The first-order valence-electron chi connectivity index (χ1n) is 2.20. The summed E-state index contributed by atoms with van der Waals surface area (Å²) in [6.07, 6.45) is 6.81. The summed E-state index contributed by atoms with van der Waals surface area (Å²) in [6.45, 7) is 0. The minimum absolute atomic E-state index is 0.266. The molecule has 0 N–H and O–H groups in total. The van der Waals surface area contributed by atoms with Gasteiger partial charge in [-0.05, 0) is 12.0 Å². The van der Waals surface area contributed by atoms with Crippen LogP contribution in [0.2, 0.25) is 0 Å². The van der Waals surface area contributed by atoms with E-state index < -0.39 is 0 Å². The molecule has 0 aromatic rings. The molecule has 2 nitrogen and oxygen atoms in total. The highest BCUT2D eigenvalue weighted by Crippen LogP contribution is 2.07. The summed E-state index contributed by atoms with van der Waals surface area (Å²) in [6, 6.07) is 0. The molecule has 0 fully saturated rings. The number of allylic oxidation sites excluding steroid dienone is 1. The van der Waals surface area contributed by atoms with Crippen LogP contribution in [0.1, 0.15) is 6.42 Å². The van der Waals surface area contributed by atoms with E-state index in [0.717, 1.165) is 0 Å². The van der Waals surface area contributed by atoms with Crippen LogP contribution in [-0.2, 0) is 9.53 Å². The third kappa shape index (κ3) is 0.710. The minimum atomic E-state index is -0.266. The Labute approximate surface area is 47.1 Å². The Morgan fingerprint density at radius 3 is 2.88 bits per heavy atom. The maximum absolute atomic E-state index is 10.2. The highest BCUT2D eigenvalue weighted by atomic mass is 16.5. The number of ether oxygens (including phenoxy) is 1. The zero-order valence-electron chi connectivity index (χ0n) is 4.18. The van der Waals surface area contributed by atoms with Gasteiger partial charge in [0.15, 0.2) is 5.76 Å². The molecule has 0 aliphatic carbocycles. The standard InChI is InChI=1S/C6H4O2/c1-2-5-3-4-6(7)8-5/h1,3H,4H2. The molecule has 0 unspecified atom stereocenters. The summed E-state index contributed by atoms with van der Waals surface area (Å²) < 4.78 is 4.50. The van der Waals surface area contributed by atoms with E-state index in [4.69, 9.17) is 6.42 Å². The molecule has 0 bridgehead atoms. The molecule has 0 aromatic carbocycles. The molecule has 40 valence electrons. The number of esters is 1. The number of carbonyl (C=O) groups excluding carboxylic acids is 1. The smallest absolute Gasteiger partial charge is 0.315 e. The highest BCUT2D eigenvalue weighted by Gasteiger charge is 2.10. The molecule has 0 radical (unpaired) electrons. The largest absolute Gasteiger partial charge is 0.417 e. The fourth-order valence-electron chi connectivity index (χ4n) is 0.470. The van der Waals surface area contributed by atoms with E-state index in [9.17, 15) is 4.79 Å². The fourth-order valence-corrected chi connectivity index (χ4v) is 0.470. The van der Waals surface area contributed by atoms with Crippen LogP contribution in [0.3, 0.4) is 0 Å². The van der Waals surface area contributed by atoms with Gasteiger partial charge in [-0.15, -0.1) is 6.42 Å². The van der Waals surface area contributed by atoms with Crippen LogP contribution in [0.5, 0.6) is 0 Å². The molecule has 0 saturated heterocycles. The van der Waals surface area contributed by atoms with E-state index in [-0.39, 0.29) is 5.97 Å². The maximum atomic E-state index is 10.2. The first-order chi connectivity index (χ1) is 3.83. The van der Waals surface area contributed by atoms with Gasteiger partial charge in [0.05, 0.1) is 6.42 Å². The van der Waals surface area contributed by atoms with E-state index in [1.807, 2.05) is 0 Å². The van der Waals surface area contributed by atoms with Crippen molar-refractivity contribution in [1.82, 2.24) is 0 Å². The Bertz CT molecular complexity index is 183. The number of cyclic esters (lactones) is 1. The van der Waals surface area contributed by atoms with E-state index in [2.05, 4.69) is 10.7 Å². The third-order valence-corrected chi connectivity index (χ3v) is 0.820. The molecule has 8 heavy (non-hydrogen) atoms. The van der Waals surface area contributed by atoms with Gasteiger partial charge in [0, 0.05) is 0 Å². The monoisotopic (exact) mass is 108 g/mol. The van der Waals surface area contributed by atoms with Crippen molar-refractivity contribution in [2.24, 2.45) is 0 Å². The second-order valence-corrected chi connectivity index (χ2v) is 1.39. The van der Waals surface area contributed by atoms with Crippen LogP contribution in [0.4, 0.5) is 0 Å². The van der Waals surface area contributed by atoms with E-state index >= 15 is 0 Å². The Morgan fingerprint density at radius 2 is 2.62 bits per heavy atom. The van der Waals surface area contributed by atoms with Crippen LogP contribution in [0.25, 0.3) is 0 Å². The van der Waals surface area contributed by atoms with Crippen molar-refractivity contribution in [2.45, 2.75) is 6.42 Å². The lowest BCUT2D eigenvalue weighted by Crippen LogP contribution is -1.91. The van der Waals surface area contributed by atoms with Gasteiger partial charge in [0.1, 0.15) is 0 Å². The molecule has 1 rings (SSSR count). The van der Waals surface area contributed by atoms with Crippen molar-refractivity contribution >= 4 is 5.97 Å². The maximum Gasteiger partial charge on any atom is 0.315 e. The molecule has 0 saturated carbocycles. The molecule has 1 heterocycles. The predicted octanol–water partition coefficient (Wildman–Crippen LogP) is 0.450. The molecule has 2 heteroatoms. The van der Waals surface area contributed by atoms with Gasteiger partial charge in [0.2, 0.25) is 0 Å².